The van der Waals surface area contributed by atoms with Gasteiger partial charge in [0.1, 0.15) is 0 Å². The summed E-state index contributed by atoms with van der Waals surface area (Å²) >= 11 is 3.68. The van der Waals surface area contributed by atoms with E-state index < -0.39 is 0 Å². The highest BCUT2D eigenvalue weighted by molar-refractivity contribution is 8.03. The van der Waals surface area contributed by atoms with Crippen molar-refractivity contribution in [3.05, 3.63) is 100.0 Å². The molecule has 1 aliphatic carbocycles. The van der Waals surface area contributed by atoms with Crippen LogP contribution in [-0.2, 0) is 0 Å². The summed E-state index contributed by atoms with van der Waals surface area (Å²) in [6.07, 6.45) is 4.69. The third-order valence-electron chi connectivity index (χ3n) is 7.86. The maximum absolute atomic E-state index is 9.23. The summed E-state index contributed by atoms with van der Waals surface area (Å²) in [5.41, 5.74) is 6.97. The van der Waals surface area contributed by atoms with Crippen molar-refractivity contribution >= 4 is 40.8 Å². The number of para-hydroxylation sites is 1. The molecule has 3 aromatic carbocycles. The predicted octanol–water partition coefficient (Wildman–Crippen LogP) is 7.75. The summed E-state index contributed by atoms with van der Waals surface area (Å²) in [6.45, 7) is 8.90. The highest BCUT2D eigenvalue weighted by Crippen LogP contribution is 2.38. The molecule has 1 N–H and O–H groups in total. The second-order valence-electron chi connectivity index (χ2n) is 11.1. The van der Waals surface area contributed by atoms with Gasteiger partial charge in [0.15, 0.2) is 0 Å². The first-order valence-corrected chi connectivity index (χ1v) is 15.5. The normalized spacial score (nSPS) is 22.4. The lowest BCUT2D eigenvalue weighted by Crippen LogP contribution is -2.33. The first-order chi connectivity index (χ1) is 19.0. The summed E-state index contributed by atoms with van der Waals surface area (Å²) in [4.78, 5) is 10.9. The highest BCUT2D eigenvalue weighted by atomic mass is 32.2. The van der Waals surface area contributed by atoms with Crippen molar-refractivity contribution in [3.8, 4) is 0 Å². The van der Waals surface area contributed by atoms with E-state index >= 15 is 0 Å². The SMILES string of the molecule is CN=C1c2ccc(SC3=CCN(c4ccccc4)CC3)cc2C(=N)c2cc(SN3CC(C)C[C@H](C)C3)ccc21. The number of rotatable bonds is 5. The largest absolute Gasteiger partial charge is 0.367 e. The molecular formula is C33H36N4S2. The Labute approximate surface area is 241 Å². The summed E-state index contributed by atoms with van der Waals surface area (Å²) in [5.74, 6) is 1.44. The van der Waals surface area contributed by atoms with Crippen LogP contribution in [0.25, 0.3) is 0 Å². The number of thioether (sulfide) groups is 1. The van der Waals surface area contributed by atoms with Crippen LogP contribution in [0.3, 0.4) is 0 Å². The molecule has 2 heterocycles. The van der Waals surface area contributed by atoms with Crippen LogP contribution in [0, 0.1) is 17.2 Å². The van der Waals surface area contributed by atoms with E-state index in [1.807, 2.05) is 30.8 Å². The molecule has 0 aromatic heterocycles. The van der Waals surface area contributed by atoms with Gasteiger partial charge in [0.05, 0.1) is 11.4 Å². The van der Waals surface area contributed by atoms with Crippen molar-refractivity contribution in [2.45, 2.75) is 36.5 Å². The molecule has 0 spiro atoms. The van der Waals surface area contributed by atoms with Gasteiger partial charge in [-0.2, -0.15) is 0 Å². The van der Waals surface area contributed by atoms with Gasteiger partial charge in [-0.3, -0.25) is 10.4 Å². The minimum absolute atomic E-state index is 0.602. The molecule has 0 bridgehead atoms. The van der Waals surface area contributed by atoms with Crippen molar-refractivity contribution in [2.24, 2.45) is 16.8 Å². The molecule has 6 heteroatoms. The van der Waals surface area contributed by atoms with Gasteiger partial charge in [-0.25, -0.2) is 4.31 Å². The molecule has 39 heavy (non-hydrogen) atoms. The van der Waals surface area contributed by atoms with Crippen LogP contribution >= 0.6 is 23.7 Å². The van der Waals surface area contributed by atoms with Crippen molar-refractivity contribution in [3.63, 3.8) is 0 Å². The number of nitrogens with one attached hydrogen (secondary N) is 1. The number of nitrogens with zero attached hydrogens (tertiary/aromatic N) is 3. The molecule has 200 valence electrons. The summed E-state index contributed by atoms with van der Waals surface area (Å²) in [7, 11) is 1.87. The Bertz CT molecular complexity index is 1440. The second-order valence-corrected chi connectivity index (χ2v) is 13.4. The fourth-order valence-electron chi connectivity index (χ4n) is 6.12. The van der Waals surface area contributed by atoms with Crippen LogP contribution < -0.4 is 4.90 Å². The molecular weight excluding hydrogens is 517 g/mol. The van der Waals surface area contributed by atoms with Gasteiger partial charge < -0.3 is 4.90 Å². The Morgan fingerprint density at radius 2 is 1.51 bits per heavy atom. The molecule has 1 fully saturated rings. The average Bonchev–Trinajstić information content (AvgIpc) is 2.94. The molecule has 2 atom stereocenters. The lowest BCUT2D eigenvalue weighted by atomic mass is 9.83. The zero-order valence-electron chi connectivity index (χ0n) is 23.0. The predicted molar refractivity (Wildman–Crippen MR) is 168 cm³/mol. The van der Waals surface area contributed by atoms with Crippen molar-refractivity contribution < 1.29 is 0 Å². The van der Waals surface area contributed by atoms with Gasteiger partial charge in [-0.15, -0.1) is 0 Å². The minimum Gasteiger partial charge on any atom is -0.367 e. The van der Waals surface area contributed by atoms with E-state index in [1.165, 1.54) is 26.8 Å². The molecule has 0 radical (unpaired) electrons. The van der Waals surface area contributed by atoms with E-state index in [1.54, 1.807) is 0 Å². The average molecular weight is 553 g/mol. The lowest BCUT2D eigenvalue weighted by Gasteiger charge is -2.34. The Balaban J connectivity index is 1.22. The molecule has 6 rings (SSSR count). The third-order valence-corrected chi connectivity index (χ3v) is 10.0. The van der Waals surface area contributed by atoms with Gasteiger partial charge in [-0.1, -0.05) is 62.0 Å². The van der Waals surface area contributed by atoms with E-state index in [-0.39, 0.29) is 0 Å². The van der Waals surface area contributed by atoms with E-state index in [0.29, 0.717) is 5.71 Å². The molecule has 4 nitrogen and oxygen atoms in total. The van der Waals surface area contributed by atoms with Crippen LogP contribution in [-0.4, -0.2) is 49.0 Å². The van der Waals surface area contributed by atoms with Crippen LogP contribution in [0.5, 0.6) is 0 Å². The number of benzene rings is 3. The summed E-state index contributed by atoms with van der Waals surface area (Å²) in [6, 6.07) is 23.8. The summed E-state index contributed by atoms with van der Waals surface area (Å²) < 4.78 is 2.50. The van der Waals surface area contributed by atoms with E-state index in [9.17, 15) is 5.41 Å². The first-order valence-electron chi connectivity index (χ1n) is 13.9. The van der Waals surface area contributed by atoms with Gasteiger partial charge in [0, 0.05) is 71.0 Å². The van der Waals surface area contributed by atoms with Crippen molar-refractivity contribution in [1.29, 1.82) is 5.41 Å². The number of hydrogen-bond acceptors (Lipinski definition) is 6. The molecule has 2 aliphatic heterocycles. The Hall–Kier alpha value is -2.80. The number of fused-ring (bicyclic) bond motifs is 2. The van der Waals surface area contributed by atoms with Crippen molar-refractivity contribution in [2.75, 3.05) is 38.1 Å². The third kappa shape index (κ3) is 5.60. The summed E-state index contributed by atoms with van der Waals surface area (Å²) in [5, 5.41) is 9.23. The number of piperidine rings is 1. The smallest absolute Gasteiger partial charge is 0.0729 e. The van der Waals surface area contributed by atoms with Gasteiger partial charge in [0.25, 0.3) is 0 Å². The van der Waals surface area contributed by atoms with E-state index in [2.05, 4.69) is 95.9 Å². The Kier molecular flexibility index (Phi) is 7.70. The Morgan fingerprint density at radius 3 is 2.15 bits per heavy atom. The van der Waals surface area contributed by atoms with Gasteiger partial charge >= 0.3 is 0 Å². The maximum Gasteiger partial charge on any atom is 0.0729 e. The minimum atomic E-state index is 0.602. The molecule has 1 saturated heterocycles. The van der Waals surface area contributed by atoms with Crippen molar-refractivity contribution in [1.82, 2.24) is 4.31 Å². The second kappa shape index (κ2) is 11.4. The number of anilines is 1. The molecule has 3 aromatic rings. The zero-order valence-corrected chi connectivity index (χ0v) is 24.6. The van der Waals surface area contributed by atoms with Crippen LogP contribution in [0.1, 0.15) is 48.9 Å². The quantitative estimate of drug-likeness (QED) is 0.257. The maximum atomic E-state index is 9.23. The van der Waals surface area contributed by atoms with E-state index in [0.717, 1.165) is 72.4 Å². The zero-order chi connectivity index (χ0) is 26.9. The fraction of sp³-hybridized carbons (Fsp3) is 0.333. The number of aliphatic imine (C=N–C) groups is 1. The standard InChI is InChI=1S/C33H36N4S2/c1-22-17-23(2)21-37(20-22)39-27-10-12-29-31(19-27)32(34)30-18-26(9-11-28(30)33(29)35-3)38-25-13-15-36(16-14-25)24-7-5-4-6-8-24/h4-13,18-19,22-23,34H,14-17,20-21H2,1-3H3/t22-,23?/m0/s1. The van der Waals surface area contributed by atoms with Gasteiger partial charge in [-0.05, 0) is 77.9 Å². The van der Waals surface area contributed by atoms with Crippen LogP contribution in [0.4, 0.5) is 5.69 Å². The molecule has 0 saturated carbocycles. The Morgan fingerprint density at radius 1 is 0.846 bits per heavy atom. The lowest BCUT2D eigenvalue weighted by molar-refractivity contribution is 0.237. The highest BCUT2D eigenvalue weighted by Gasteiger charge is 2.28. The van der Waals surface area contributed by atoms with E-state index in [4.69, 9.17) is 4.99 Å². The number of hydrogen-bond donors (Lipinski definition) is 1. The first kappa shape index (κ1) is 26.4. The fourth-order valence-corrected chi connectivity index (χ4v) is 8.34. The monoisotopic (exact) mass is 552 g/mol. The molecule has 1 unspecified atom stereocenters. The molecule has 3 aliphatic rings. The van der Waals surface area contributed by atoms with Crippen LogP contribution in [0.15, 0.2) is 92.5 Å². The topological polar surface area (TPSA) is 42.7 Å². The van der Waals surface area contributed by atoms with Crippen LogP contribution in [0.2, 0.25) is 0 Å². The molecule has 0 amide bonds. The van der Waals surface area contributed by atoms with Gasteiger partial charge in [0.2, 0.25) is 0 Å².